The van der Waals surface area contributed by atoms with Gasteiger partial charge in [-0.3, -0.25) is 4.79 Å². The van der Waals surface area contributed by atoms with Crippen molar-refractivity contribution in [3.63, 3.8) is 0 Å². The Labute approximate surface area is 259 Å². The predicted octanol–water partition coefficient (Wildman–Crippen LogP) is 6.35. The Morgan fingerprint density at radius 2 is 1.68 bits per heavy atom. The van der Waals surface area contributed by atoms with Crippen molar-refractivity contribution in [1.82, 2.24) is 20.1 Å². The summed E-state index contributed by atoms with van der Waals surface area (Å²) in [7, 11) is 0. The minimum atomic E-state index is -0.674. The molecule has 1 saturated carbocycles. The molecule has 234 valence electrons. The third-order valence-electron chi connectivity index (χ3n) is 9.43. The summed E-state index contributed by atoms with van der Waals surface area (Å²) in [4.78, 5) is 48.3. The van der Waals surface area contributed by atoms with Crippen LogP contribution in [0.4, 0.5) is 9.59 Å². The molecule has 3 aromatic rings. The molecule has 2 aromatic carbocycles. The second-order valence-corrected chi connectivity index (χ2v) is 13.5. The van der Waals surface area contributed by atoms with E-state index in [2.05, 4.69) is 16.4 Å². The zero-order chi connectivity index (χ0) is 30.8. The van der Waals surface area contributed by atoms with Gasteiger partial charge in [-0.2, -0.15) is 0 Å². The van der Waals surface area contributed by atoms with Gasteiger partial charge in [0.05, 0.1) is 12.1 Å². The third kappa shape index (κ3) is 6.28. The molecule has 4 atom stereocenters. The Bertz CT molecular complexity index is 1480. The normalized spacial score (nSPS) is 22.9. The number of carbonyl (C=O) groups is 3. The number of alkyl carbamates (subject to hydrolysis) is 1. The van der Waals surface area contributed by atoms with E-state index in [1.54, 1.807) is 0 Å². The van der Waals surface area contributed by atoms with Gasteiger partial charge in [0.15, 0.2) is 0 Å². The van der Waals surface area contributed by atoms with Crippen LogP contribution in [0.15, 0.2) is 60.8 Å². The number of benzene rings is 2. The van der Waals surface area contributed by atoms with E-state index in [9.17, 15) is 14.4 Å². The Hall–Kier alpha value is -4.01. The summed E-state index contributed by atoms with van der Waals surface area (Å²) in [6.07, 6.45) is 6.73. The molecule has 0 radical (unpaired) electrons. The number of carbonyl (C=O) groups excluding carboxylic acids is 3. The van der Waals surface area contributed by atoms with E-state index in [0.29, 0.717) is 19.5 Å². The van der Waals surface area contributed by atoms with Crippen LogP contribution >= 0.6 is 0 Å². The van der Waals surface area contributed by atoms with Gasteiger partial charge in [-0.1, -0.05) is 67.8 Å². The standard InChI is InChI=1S/C35H44N4O5/c1-35(2,3)44-33(41)37-30(24-14-8-5-9-15-24)32(40)38-19-18-29-31(38)27(26-20-36-28-17-11-10-16-25(26)28)21-39(29)34(42)43-22-23-12-6-4-7-13-23/h4,6-7,10-13,16-17,20,24,27,29-31,36H,5,8-9,14-15,18-19,21-22H2,1-3H3,(H,37,41)/t27-,29+,30-,31+/m0/s1. The van der Waals surface area contributed by atoms with Gasteiger partial charge in [-0.25, -0.2) is 9.59 Å². The number of aromatic amines is 1. The SMILES string of the molecule is CC(C)(C)OC(=O)N[C@H](C(=O)N1CC[C@@H]2[C@H]1[C@H](c1c[nH]c3ccccc13)CN2C(=O)OCc1ccccc1)C1CCCCC1. The first-order valence-corrected chi connectivity index (χ1v) is 16.0. The van der Waals surface area contributed by atoms with Crippen LogP contribution in [0.3, 0.4) is 0 Å². The molecule has 1 aromatic heterocycles. The lowest BCUT2D eigenvalue weighted by Gasteiger charge is -2.36. The highest BCUT2D eigenvalue weighted by atomic mass is 16.6. The van der Waals surface area contributed by atoms with Crippen molar-refractivity contribution in [3.05, 3.63) is 71.9 Å². The smallest absolute Gasteiger partial charge is 0.410 e. The maximum atomic E-state index is 14.6. The van der Waals surface area contributed by atoms with Crippen LogP contribution < -0.4 is 5.32 Å². The maximum absolute atomic E-state index is 14.6. The van der Waals surface area contributed by atoms with E-state index < -0.39 is 17.7 Å². The average Bonchev–Trinajstić information content (AvgIpc) is 3.73. The molecule has 2 N–H and O–H groups in total. The van der Waals surface area contributed by atoms with E-state index >= 15 is 0 Å². The van der Waals surface area contributed by atoms with Crippen LogP contribution in [0.2, 0.25) is 0 Å². The number of rotatable bonds is 6. The number of aromatic nitrogens is 1. The minimum absolute atomic E-state index is 0.0442. The van der Waals surface area contributed by atoms with E-state index in [0.717, 1.165) is 54.1 Å². The van der Waals surface area contributed by atoms with E-state index in [-0.39, 0.29) is 42.5 Å². The van der Waals surface area contributed by atoms with Gasteiger partial charge >= 0.3 is 12.2 Å². The molecule has 44 heavy (non-hydrogen) atoms. The fourth-order valence-electron chi connectivity index (χ4n) is 7.49. The number of hydrogen-bond acceptors (Lipinski definition) is 5. The molecule has 3 heterocycles. The van der Waals surface area contributed by atoms with Gasteiger partial charge in [0.1, 0.15) is 18.2 Å². The molecule has 9 nitrogen and oxygen atoms in total. The molecule has 0 unspecified atom stereocenters. The molecule has 6 rings (SSSR count). The Kier molecular flexibility index (Phi) is 8.56. The molecule has 2 saturated heterocycles. The van der Waals surface area contributed by atoms with Crippen LogP contribution in [0, 0.1) is 5.92 Å². The maximum Gasteiger partial charge on any atom is 0.410 e. The largest absolute Gasteiger partial charge is 0.445 e. The van der Waals surface area contributed by atoms with E-state index in [4.69, 9.17) is 9.47 Å². The number of ether oxygens (including phenoxy) is 2. The minimum Gasteiger partial charge on any atom is -0.445 e. The monoisotopic (exact) mass is 600 g/mol. The summed E-state index contributed by atoms with van der Waals surface area (Å²) in [5.74, 6) is -0.150. The Morgan fingerprint density at radius 3 is 2.43 bits per heavy atom. The number of hydrogen-bond donors (Lipinski definition) is 2. The van der Waals surface area contributed by atoms with Crippen molar-refractivity contribution in [2.45, 2.75) is 95.5 Å². The van der Waals surface area contributed by atoms with Crippen LogP contribution in [0.25, 0.3) is 10.9 Å². The quantitative estimate of drug-likeness (QED) is 0.343. The molecule has 1 aliphatic carbocycles. The molecule has 3 fully saturated rings. The fraction of sp³-hybridized carbons (Fsp3) is 0.514. The highest BCUT2D eigenvalue weighted by Crippen LogP contribution is 2.44. The van der Waals surface area contributed by atoms with Crippen molar-refractivity contribution in [3.8, 4) is 0 Å². The van der Waals surface area contributed by atoms with Gasteiger partial charge in [0.2, 0.25) is 5.91 Å². The van der Waals surface area contributed by atoms with Crippen molar-refractivity contribution in [2.24, 2.45) is 5.92 Å². The summed E-state index contributed by atoms with van der Waals surface area (Å²) < 4.78 is 11.4. The van der Waals surface area contributed by atoms with Gasteiger partial charge in [0, 0.05) is 36.1 Å². The first-order valence-electron chi connectivity index (χ1n) is 16.0. The lowest BCUT2D eigenvalue weighted by atomic mass is 9.83. The zero-order valence-corrected chi connectivity index (χ0v) is 26.0. The Morgan fingerprint density at radius 1 is 0.955 bits per heavy atom. The molecular formula is C35H44N4O5. The summed E-state index contributed by atoms with van der Waals surface area (Å²) in [5, 5.41) is 4.08. The number of para-hydroxylation sites is 1. The van der Waals surface area contributed by atoms with E-state index in [1.165, 1.54) is 0 Å². The molecule has 0 bridgehead atoms. The van der Waals surface area contributed by atoms with E-state index in [1.807, 2.05) is 85.3 Å². The molecule has 0 spiro atoms. The molecule has 3 aliphatic rings. The summed E-state index contributed by atoms with van der Waals surface area (Å²) in [6, 6.07) is 16.7. The first-order chi connectivity index (χ1) is 21.2. The summed E-state index contributed by atoms with van der Waals surface area (Å²) >= 11 is 0. The number of H-pyrrole nitrogens is 1. The molecule has 9 heteroatoms. The van der Waals surface area contributed by atoms with Gasteiger partial charge < -0.3 is 29.6 Å². The summed E-state index contributed by atoms with van der Waals surface area (Å²) in [6.45, 7) is 6.62. The van der Waals surface area contributed by atoms with Crippen molar-refractivity contribution in [1.29, 1.82) is 0 Å². The van der Waals surface area contributed by atoms with Crippen LogP contribution in [-0.2, 0) is 20.9 Å². The number of likely N-dealkylation sites (tertiary alicyclic amines) is 2. The fourth-order valence-corrected chi connectivity index (χ4v) is 7.49. The topological polar surface area (TPSA) is 104 Å². The zero-order valence-electron chi connectivity index (χ0n) is 26.0. The predicted molar refractivity (Wildman–Crippen MR) is 168 cm³/mol. The summed E-state index contributed by atoms with van der Waals surface area (Å²) in [5.41, 5.74) is 2.36. The first kappa shape index (κ1) is 30.0. The molecule has 3 amide bonds. The van der Waals surface area contributed by atoms with Crippen molar-refractivity contribution < 1.29 is 23.9 Å². The van der Waals surface area contributed by atoms with Crippen molar-refractivity contribution in [2.75, 3.05) is 13.1 Å². The molecule has 2 aliphatic heterocycles. The number of amides is 3. The molecular weight excluding hydrogens is 556 g/mol. The average molecular weight is 601 g/mol. The van der Waals surface area contributed by atoms with Gasteiger partial charge in [0.25, 0.3) is 0 Å². The lowest BCUT2D eigenvalue weighted by Crippen LogP contribution is -2.55. The third-order valence-corrected chi connectivity index (χ3v) is 9.43. The Balaban J connectivity index is 1.29. The highest BCUT2D eigenvalue weighted by Gasteiger charge is 2.54. The van der Waals surface area contributed by atoms with Crippen LogP contribution in [0.1, 0.15) is 76.3 Å². The highest BCUT2D eigenvalue weighted by molar-refractivity contribution is 5.88. The number of fused-ring (bicyclic) bond motifs is 2. The van der Waals surface area contributed by atoms with Gasteiger partial charge in [-0.15, -0.1) is 0 Å². The van der Waals surface area contributed by atoms with Crippen molar-refractivity contribution >= 4 is 29.0 Å². The van der Waals surface area contributed by atoms with Gasteiger partial charge in [-0.05, 0) is 63.1 Å². The number of nitrogens with zero attached hydrogens (tertiary/aromatic N) is 2. The van der Waals surface area contributed by atoms with Crippen LogP contribution in [-0.4, -0.2) is 69.7 Å². The van der Waals surface area contributed by atoms with Crippen LogP contribution in [0.5, 0.6) is 0 Å². The second-order valence-electron chi connectivity index (χ2n) is 13.5. The lowest BCUT2D eigenvalue weighted by molar-refractivity contribution is -0.136. The second kappa shape index (κ2) is 12.5. The number of nitrogens with one attached hydrogen (secondary N) is 2.